The van der Waals surface area contributed by atoms with Gasteiger partial charge in [0.15, 0.2) is 23.7 Å². The molecule has 2 rings (SSSR count). The van der Waals surface area contributed by atoms with E-state index >= 15 is 0 Å². The van der Waals surface area contributed by atoms with Crippen LogP contribution in [0.3, 0.4) is 0 Å². The second kappa shape index (κ2) is 7.90. The van der Waals surface area contributed by atoms with Crippen LogP contribution in [0.5, 0.6) is 0 Å². The summed E-state index contributed by atoms with van der Waals surface area (Å²) >= 11 is 5.77. The van der Waals surface area contributed by atoms with Crippen LogP contribution in [0.15, 0.2) is 6.33 Å². The minimum atomic E-state index is -0.265. The number of carbonyl (C=O) groups is 1. The first kappa shape index (κ1) is 16.4. The molecule has 2 heterocycles. The second-order valence-corrected chi connectivity index (χ2v) is 5.13. The molecule has 22 heavy (non-hydrogen) atoms. The number of ether oxygens (including phenoxy) is 1. The highest BCUT2D eigenvalue weighted by Crippen LogP contribution is 2.20. The maximum atomic E-state index is 11.7. The monoisotopic (exact) mass is 327 g/mol. The summed E-state index contributed by atoms with van der Waals surface area (Å²) in [6.07, 6.45) is 5.92. The average Bonchev–Trinajstić information content (AvgIpc) is 2.91. The molecule has 0 aliphatic heterocycles. The highest BCUT2D eigenvalue weighted by Gasteiger charge is 2.13. The minimum Gasteiger partial charge on any atom is -0.444 e. The Bertz CT molecular complexity index is 646. The zero-order valence-corrected chi connectivity index (χ0v) is 13.0. The summed E-state index contributed by atoms with van der Waals surface area (Å²) in [6.45, 7) is 2.10. The van der Waals surface area contributed by atoms with Crippen LogP contribution in [-0.4, -0.2) is 30.7 Å². The molecule has 2 aromatic rings. The van der Waals surface area contributed by atoms with Crippen molar-refractivity contribution in [2.45, 2.75) is 45.8 Å². The Morgan fingerprint density at radius 2 is 2.23 bits per heavy atom. The number of unbranched alkanes of at least 4 members (excludes halogenated alkanes) is 3. The molecular weight excluding hydrogens is 310 g/mol. The van der Waals surface area contributed by atoms with Crippen molar-refractivity contribution in [1.29, 1.82) is 0 Å². The van der Waals surface area contributed by atoms with Gasteiger partial charge in [-0.1, -0.05) is 26.2 Å². The molecule has 0 aromatic carbocycles. The summed E-state index contributed by atoms with van der Waals surface area (Å²) in [4.78, 5) is 23.5. The van der Waals surface area contributed by atoms with Crippen LogP contribution in [-0.2, 0) is 16.3 Å². The number of nitrogens with one attached hydrogen (secondary N) is 1. The first-order chi connectivity index (χ1) is 10.7. The summed E-state index contributed by atoms with van der Waals surface area (Å²) < 4.78 is 6.71. The Labute approximate surface area is 132 Å². The van der Waals surface area contributed by atoms with Crippen molar-refractivity contribution in [1.82, 2.24) is 19.5 Å². The van der Waals surface area contributed by atoms with E-state index in [1.807, 2.05) is 5.48 Å². The van der Waals surface area contributed by atoms with Gasteiger partial charge in [-0.25, -0.2) is 4.98 Å². The summed E-state index contributed by atoms with van der Waals surface area (Å²) in [5.74, 6) is -0.168. The number of carbonyl (C=O) groups excluding carboxylic acids is 1. The third kappa shape index (κ3) is 4.05. The van der Waals surface area contributed by atoms with Crippen LogP contribution in [0, 0.1) is 0 Å². The molecule has 0 fully saturated rings. The summed E-state index contributed by atoms with van der Waals surface area (Å²) in [5, 5.41) is 8.95. The smallest absolute Gasteiger partial charge is 0.307 e. The number of halogens is 1. The molecule has 120 valence electrons. The lowest BCUT2D eigenvalue weighted by Crippen LogP contribution is -2.09. The predicted octanol–water partition coefficient (Wildman–Crippen LogP) is 2.75. The zero-order chi connectivity index (χ0) is 15.9. The number of anilines is 1. The molecular formula is C13H18ClN5O3. The van der Waals surface area contributed by atoms with Gasteiger partial charge in [0.05, 0.1) is 6.33 Å². The van der Waals surface area contributed by atoms with E-state index in [0.717, 1.165) is 25.7 Å². The summed E-state index contributed by atoms with van der Waals surface area (Å²) in [5.41, 5.74) is 2.62. The van der Waals surface area contributed by atoms with Crippen LogP contribution < -0.4 is 5.48 Å². The van der Waals surface area contributed by atoms with E-state index < -0.39 is 0 Å². The fraction of sp³-hybridized carbons (Fsp3) is 0.538. The van der Waals surface area contributed by atoms with Crippen molar-refractivity contribution in [2.24, 2.45) is 0 Å². The maximum absolute atomic E-state index is 11.7. The molecule has 0 atom stereocenters. The van der Waals surface area contributed by atoms with Crippen molar-refractivity contribution in [3.05, 3.63) is 11.6 Å². The number of hydrogen-bond acceptors (Lipinski definition) is 7. The van der Waals surface area contributed by atoms with Gasteiger partial charge in [0.25, 0.3) is 0 Å². The number of fused-ring (bicyclic) bond motifs is 1. The topological polar surface area (TPSA) is 102 Å². The van der Waals surface area contributed by atoms with Gasteiger partial charge in [0.2, 0.25) is 5.28 Å². The molecule has 0 aliphatic carbocycles. The first-order valence-corrected chi connectivity index (χ1v) is 7.47. The normalized spacial score (nSPS) is 10.9. The SMILES string of the molecule is CCCCCCC(=O)OCn1cnc2c(NO)nc(Cl)nc21. The molecule has 0 amide bonds. The van der Waals surface area contributed by atoms with Gasteiger partial charge in [-0.2, -0.15) is 9.97 Å². The first-order valence-electron chi connectivity index (χ1n) is 7.09. The molecule has 0 saturated heterocycles. The summed E-state index contributed by atoms with van der Waals surface area (Å²) in [6, 6.07) is 0. The molecule has 0 unspecified atom stereocenters. The van der Waals surface area contributed by atoms with Crippen LogP contribution in [0.25, 0.3) is 11.2 Å². The van der Waals surface area contributed by atoms with Crippen molar-refractivity contribution in [3.63, 3.8) is 0 Å². The fourth-order valence-corrected chi connectivity index (χ4v) is 2.16. The van der Waals surface area contributed by atoms with E-state index in [0.29, 0.717) is 17.6 Å². The standard InChI is InChI=1S/C13H18ClN5O3/c1-2-3-4-5-6-9(20)22-8-19-7-15-10-11(18-21)16-13(14)17-12(10)19/h7,21H,2-6,8H2,1H3,(H,16,17,18). The van der Waals surface area contributed by atoms with E-state index in [1.165, 1.54) is 10.9 Å². The second-order valence-electron chi connectivity index (χ2n) is 4.80. The number of rotatable bonds is 8. The number of aromatic nitrogens is 4. The van der Waals surface area contributed by atoms with E-state index in [4.69, 9.17) is 21.5 Å². The van der Waals surface area contributed by atoms with E-state index in [9.17, 15) is 4.79 Å². The van der Waals surface area contributed by atoms with Crippen LogP contribution in [0.1, 0.15) is 39.0 Å². The molecule has 9 heteroatoms. The highest BCUT2D eigenvalue weighted by atomic mass is 35.5. The zero-order valence-electron chi connectivity index (χ0n) is 12.3. The third-order valence-electron chi connectivity index (χ3n) is 3.14. The molecule has 0 bridgehead atoms. The molecule has 0 radical (unpaired) electrons. The third-order valence-corrected chi connectivity index (χ3v) is 3.31. The predicted molar refractivity (Wildman–Crippen MR) is 80.6 cm³/mol. The van der Waals surface area contributed by atoms with Crippen molar-refractivity contribution >= 4 is 34.6 Å². The molecule has 2 N–H and O–H groups in total. The minimum absolute atomic E-state index is 0.0126. The molecule has 0 saturated carbocycles. The average molecular weight is 328 g/mol. The molecule has 0 aliphatic rings. The lowest BCUT2D eigenvalue weighted by molar-refractivity contribution is -0.147. The van der Waals surface area contributed by atoms with Gasteiger partial charge in [-0.15, -0.1) is 0 Å². The van der Waals surface area contributed by atoms with Gasteiger partial charge in [0, 0.05) is 6.42 Å². The maximum Gasteiger partial charge on any atom is 0.307 e. The molecule has 8 nitrogen and oxygen atoms in total. The van der Waals surface area contributed by atoms with Gasteiger partial charge >= 0.3 is 5.97 Å². The van der Waals surface area contributed by atoms with E-state index in [1.54, 1.807) is 0 Å². The van der Waals surface area contributed by atoms with Crippen molar-refractivity contribution < 1.29 is 14.7 Å². The number of nitrogens with zero attached hydrogens (tertiary/aromatic N) is 4. The largest absolute Gasteiger partial charge is 0.444 e. The number of imidazole rings is 1. The Morgan fingerprint density at radius 3 is 2.95 bits per heavy atom. The van der Waals surface area contributed by atoms with Gasteiger partial charge in [-0.3, -0.25) is 20.0 Å². The van der Waals surface area contributed by atoms with Crippen LogP contribution >= 0.6 is 11.6 Å². The lowest BCUT2D eigenvalue weighted by atomic mass is 10.2. The van der Waals surface area contributed by atoms with E-state index in [2.05, 4.69) is 21.9 Å². The Morgan fingerprint density at radius 1 is 1.41 bits per heavy atom. The molecule has 0 spiro atoms. The highest BCUT2D eigenvalue weighted by molar-refractivity contribution is 6.28. The van der Waals surface area contributed by atoms with Gasteiger partial charge in [-0.05, 0) is 18.0 Å². The van der Waals surface area contributed by atoms with Crippen LogP contribution in [0.4, 0.5) is 5.82 Å². The van der Waals surface area contributed by atoms with Crippen LogP contribution in [0.2, 0.25) is 5.28 Å². The van der Waals surface area contributed by atoms with E-state index in [-0.39, 0.29) is 23.8 Å². The quantitative estimate of drug-likeness (QED) is 0.332. The summed E-state index contributed by atoms with van der Waals surface area (Å²) in [7, 11) is 0. The number of esters is 1. The molecule has 2 aromatic heterocycles. The van der Waals surface area contributed by atoms with Crippen molar-refractivity contribution in [3.8, 4) is 0 Å². The fourth-order valence-electron chi connectivity index (χ4n) is 2.00. The van der Waals surface area contributed by atoms with Gasteiger partial charge < -0.3 is 4.74 Å². The Balaban J connectivity index is 1.97. The lowest BCUT2D eigenvalue weighted by Gasteiger charge is -2.06. The Kier molecular flexibility index (Phi) is 5.91. The van der Waals surface area contributed by atoms with Crippen molar-refractivity contribution in [2.75, 3.05) is 5.48 Å². The Hall–Kier alpha value is -1.93. The number of hydrogen-bond donors (Lipinski definition) is 2. The van der Waals surface area contributed by atoms with Gasteiger partial charge in [0.1, 0.15) is 0 Å².